The van der Waals surface area contributed by atoms with E-state index in [0.717, 1.165) is 11.1 Å². The monoisotopic (exact) mass is 367 g/mol. The molecule has 0 amide bonds. The van der Waals surface area contributed by atoms with Gasteiger partial charge in [0.05, 0.1) is 11.5 Å². The molecule has 0 aromatic carbocycles. The van der Waals surface area contributed by atoms with Gasteiger partial charge in [-0.05, 0) is 66.1 Å². The van der Waals surface area contributed by atoms with Crippen molar-refractivity contribution in [2.24, 2.45) is 0 Å². The number of tetrazole rings is 1. The highest BCUT2D eigenvalue weighted by Gasteiger charge is 2.14. The summed E-state index contributed by atoms with van der Waals surface area (Å²) < 4.78 is 27.3. The number of nitrogens with zero attached hydrogens (tertiary/aromatic N) is 5. The minimum atomic E-state index is -1.30. The van der Waals surface area contributed by atoms with Gasteiger partial charge in [-0.25, -0.2) is 8.78 Å². The van der Waals surface area contributed by atoms with Gasteiger partial charge in [0.2, 0.25) is 5.82 Å². The zero-order valence-electron chi connectivity index (χ0n) is 15.0. The molecule has 2 aromatic heterocycles. The van der Waals surface area contributed by atoms with Crippen molar-refractivity contribution in [3.8, 4) is 11.5 Å². The third kappa shape index (κ3) is 4.69. The van der Waals surface area contributed by atoms with Crippen LogP contribution in [0, 0.1) is 0 Å². The molecule has 3 rings (SSSR count). The SMILES string of the molecule is CC/C(=C\C=C(/C)F)C1=CC(n2nnc(-c3ccccn3)n2)=CC(F)C=C1. The minimum absolute atomic E-state index is 0.295. The number of hydrogen-bond donors (Lipinski definition) is 0. The van der Waals surface area contributed by atoms with E-state index in [4.69, 9.17) is 0 Å². The van der Waals surface area contributed by atoms with Crippen LogP contribution in [0.2, 0.25) is 0 Å². The second-order valence-electron chi connectivity index (χ2n) is 5.91. The largest absolute Gasteiger partial charge is 0.253 e. The fourth-order valence-electron chi connectivity index (χ4n) is 2.55. The molecule has 0 saturated heterocycles. The molecule has 1 aliphatic rings. The van der Waals surface area contributed by atoms with Crippen LogP contribution in [0.3, 0.4) is 0 Å². The smallest absolute Gasteiger partial charge is 0.223 e. The van der Waals surface area contributed by atoms with Crippen LogP contribution < -0.4 is 0 Å². The number of hydrogen-bond acceptors (Lipinski definition) is 4. The average Bonchev–Trinajstić information content (AvgIpc) is 3.08. The maximum absolute atomic E-state index is 14.2. The Bertz CT molecular complexity index is 948. The highest BCUT2D eigenvalue weighted by molar-refractivity contribution is 5.64. The van der Waals surface area contributed by atoms with Crippen molar-refractivity contribution >= 4 is 5.70 Å². The van der Waals surface area contributed by atoms with E-state index >= 15 is 0 Å². The first-order chi connectivity index (χ1) is 13.1. The number of pyridine rings is 1. The Labute approximate surface area is 156 Å². The first-order valence-corrected chi connectivity index (χ1v) is 8.57. The van der Waals surface area contributed by atoms with E-state index in [1.165, 1.54) is 29.9 Å². The van der Waals surface area contributed by atoms with E-state index in [2.05, 4.69) is 20.4 Å². The molecule has 5 nitrogen and oxygen atoms in total. The van der Waals surface area contributed by atoms with Gasteiger partial charge < -0.3 is 0 Å². The van der Waals surface area contributed by atoms with Crippen LogP contribution in [0.1, 0.15) is 20.3 Å². The van der Waals surface area contributed by atoms with E-state index in [1.54, 1.807) is 36.6 Å². The Balaban J connectivity index is 1.98. The Kier molecular flexibility index (Phi) is 5.80. The number of allylic oxidation sites excluding steroid dienone is 10. The fraction of sp³-hybridized carbons (Fsp3) is 0.200. The number of rotatable bonds is 5. The van der Waals surface area contributed by atoms with Crippen molar-refractivity contribution in [3.63, 3.8) is 0 Å². The summed E-state index contributed by atoms with van der Waals surface area (Å²) in [7, 11) is 0. The quantitative estimate of drug-likeness (QED) is 0.724. The molecule has 0 radical (unpaired) electrons. The molecule has 0 bridgehead atoms. The zero-order valence-corrected chi connectivity index (χ0v) is 15.0. The summed E-state index contributed by atoms with van der Waals surface area (Å²) in [6.45, 7) is 3.33. The molecule has 0 N–H and O–H groups in total. The summed E-state index contributed by atoms with van der Waals surface area (Å²) in [5, 5.41) is 12.3. The van der Waals surface area contributed by atoms with Crippen LogP contribution in [-0.4, -0.2) is 31.4 Å². The third-order valence-electron chi connectivity index (χ3n) is 3.90. The predicted octanol–water partition coefficient (Wildman–Crippen LogP) is 4.62. The van der Waals surface area contributed by atoms with Crippen molar-refractivity contribution in [2.75, 3.05) is 0 Å². The summed E-state index contributed by atoms with van der Waals surface area (Å²) in [6.07, 6.45) is 10.4. The van der Waals surface area contributed by atoms with Crippen LogP contribution in [0.4, 0.5) is 8.78 Å². The number of alkyl halides is 1. The molecule has 0 fully saturated rings. The molecule has 0 saturated carbocycles. The van der Waals surface area contributed by atoms with Crippen molar-refractivity contribution in [1.82, 2.24) is 25.2 Å². The molecule has 7 heteroatoms. The van der Waals surface area contributed by atoms with Crippen LogP contribution >= 0.6 is 0 Å². The summed E-state index contributed by atoms with van der Waals surface area (Å²) in [6, 6.07) is 5.39. The first-order valence-electron chi connectivity index (χ1n) is 8.57. The van der Waals surface area contributed by atoms with Gasteiger partial charge in [0.25, 0.3) is 0 Å². The van der Waals surface area contributed by atoms with Crippen LogP contribution in [0.25, 0.3) is 17.2 Å². The van der Waals surface area contributed by atoms with Gasteiger partial charge in [-0.3, -0.25) is 4.98 Å². The van der Waals surface area contributed by atoms with E-state index < -0.39 is 6.17 Å². The van der Waals surface area contributed by atoms with Gasteiger partial charge in [0.15, 0.2) is 0 Å². The average molecular weight is 367 g/mol. The lowest BCUT2D eigenvalue weighted by Crippen LogP contribution is -2.03. The molecule has 0 spiro atoms. The number of aromatic nitrogens is 5. The molecule has 2 aromatic rings. The van der Waals surface area contributed by atoms with Gasteiger partial charge in [-0.1, -0.05) is 25.1 Å². The van der Waals surface area contributed by atoms with Gasteiger partial charge in [0.1, 0.15) is 11.9 Å². The van der Waals surface area contributed by atoms with Crippen molar-refractivity contribution in [3.05, 3.63) is 77.8 Å². The molecule has 1 unspecified atom stereocenters. The first kappa shape index (κ1) is 18.6. The second kappa shape index (κ2) is 8.44. The Morgan fingerprint density at radius 3 is 2.85 bits per heavy atom. The van der Waals surface area contributed by atoms with Crippen LogP contribution in [-0.2, 0) is 0 Å². The van der Waals surface area contributed by atoms with Gasteiger partial charge in [-0.15, -0.1) is 15.0 Å². The zero-order chi connectivity index (χ0) is 19.2. The maximum Gasteiger partial charge on any atom is 0.223 e. The molecular formula is C20H19F2N5. The van der Waals surface area contributed by atoms with Gasteiger partial charge >= 0.3 is 0 Å². The van der Waals surface area contributed by atoms with Crippen molar-refractivity contribution < 1.29 is 8.78 Å². The highest BCUT2D eigenvalue weighted by atomic mass is 19.1. The van der Waals surface area contributed by atoms with Crippen LogP contribution in [0.15, 0.2) is 77.8 Å². The Hall–Kier alpha value is -3.22. The van der Waals surface area contributed by atoms with Crippen LogP contribution in [0.5, 0.6) is 0 Å². The van der Waals surface area contributed by atoms with Crippen molar-refractivity contribution in [2.45, 2.75) is 26.4 Å². The molecule has 1 atom stereocenters. The summed E-state index contributed by atoms with van der Waals surface area (Å²) in [5.74, 6) is 0.0533. The lowest BCUT2D eigenvalue weighted by atomic mass is 10.0. The highest BCUT2D eigenvalue weighted by Crippen LogP contribution is 2.24. The summed E-state index contributed by atoms with van der Waals surface area (Å²) >= 11 is 0. The van der Waals surface area contributed by atoms with E-state index in [9.17, 15) is 8.78 Å². The normalized spacial score (nSPS) is 18.1. The van der Waals surface area contributed by atoms with Crippen molar-refractivity contribution in [1.29, 1.82) is 0 Å². The van der Waals surface area contributed by atoms with E-state index in [-0.39, 0.29) is 5.83 Å². The lowest BCUT2D eigenvalue weighted by molar-refractivity contribution is 0.468. The fourth-order valence-corrected chi connectivity index (χ4v) is 2.55. The van der Waals surface area contributed by atoms with Gasteiger partial charge in [0, 0.05) is 6.20 Å². The topological polar surface area (TPSA) is 56.5 Å². The third-order valence-corrected chi connectivity index (χ3v) is 3.90. The number of halogens is 2. The van der Waals surface area contributed by atoms with Gasteiger partial charge in [-0.2, -0.15) is 0 Å². The maximum atomic E-state index is 14.2. The Morgan fingerprint density at radius 1 is 1.30 bits per heavy atom. The molecule has 2 heterocycles. The molecular weight excluding hydrogens is 348 g/mol. The summed E-state index contributed by atoms with van der Waals surface area (Å²) in [5.41, 5.74) is 2.65. The predicted molar refractivity (Wildman–Crippen MR) is 101 cm³/mol. The molecule has 0 aliphatic heterocycles. The molecule has 27 heavy (non-hydrogen) atoms. The van der Waals surface area contributed by atoms with E-state index in [1.807, 2.05) is 13.0 Å². The standard InChI is InChI=1S/C20H19F2N5/c1-3-15(8-7-14(2)21)16-9-10-17(22)13-18(12-16)27-25-20(24-26-27)19-6-4-5-11-23-19/h4-13,17H,3H2,1-2H3/b14-7+,15-8+. The Morgan fingerprint density at radius 2 is 2.15 bits per heavy atom. The minimum Gasteiger partial charge on any atom is -0.253 e. The van der Waals surface area contributed by atoms with E-state index in [0.29, 0.717) is 23.6 Å². The lowest BCUT2D eigenvalue weighted by Gasteiger charge is -2.06. The molecule has 138 valence electrons. The molecule has 1 aliphatic carbocycles. The second-order valence-corrected chi connectivity index (χ2v) is 5.91. The summed E-state index contributed by atoms with van der Waals surface area (Å²) in [4.78, 5) is 5.46.